The summed E-state index contributed by atoms with van der Waals surface area (Å²) in [5.41, 5.74) is 5.72. The van der Waals surface area contributed by atoms with Gasteiger partial charge in [0.05, 0.1) is 5.56 Å². The van der Waals surface area contributed by atoms with E-state index >= 15 is 0 Å². The molecule has 110 valence electrons. The molecule has 1 saturated heterocycles. The number of carbonyl (C=O) groups excluding carboxylic acids is 1. The Bertz CT molecular complexity index is 519. The van der Waals surface area contributed by atoms with Crippen LogP contribution in [0.2, 0.25) is 0 Å². The number of amides is 1. The molecular weight excluding hydrogens is 262 g/mol. The maximum Gasteiger partial charge on any atom is 0.257 e. The van der Waals surface area contributed by atoms with Crippen molar-refractivity contribution in [1.29, 1.82) is 0 Å². The van der Waals surface area contributed by atoms with Gasteiger partial charge in [0, 0.05) is 19.1 Å². The quantitative estimate of drug-likeness (QED) is 0.905. The first-order valence-corrected chi connectivity index (χ1v) is 6.92. The molecule has 0 saturated carbocycles. The Morgan fingerprint density at radius 3 is 2.75 bits per heavy atom. The molecule has 20 heavy (non-hydrogen) atoms. The molecule has 1 aliphatic rings. The fourth-order valence-electron chi connectivity index (χ4n) is 2.83. The van der Waals surface area contributed by atoms with Gasteiger partial charge in [-0.25, -0.2) is 8.78 Å². The number of likely N-dealkylation sites (tertiary alicyclic amines) is 1. The fourth-order valence-corrected chi connectivity index (χ4v) is 2.83. The van der Waals surface area contributed by atoms with Crippen LogP contribution in [-0.2, 0) is 0 Å². The number of aryl methyl sites for hydroxylation is 1. The van der Waals surface area contributed by atoms with Crippen LogP contribution in [0.25, 0.3) is 0 Å². The largest absolute Gasteiger partial charge is 0.334 e. The Labute approximate surface area is 117 Å². The second kappa shape index (κ2) is 5.87. The SMILES string of the molecule is Cc1cc(F)c(C(=O)N2CCC[C@H](C)[C@H]2CN)cc1F. The molecule has 1 aromatic carbocycles. The van der Waals surface area contributed by atoms with E-state index in [9.17, 15) is 13.6 Å². The van der Waals surface area contributed by atoms with Gasteiger partial charge in [-0.15, -0.1) is 0 Å². The zero-order chi connectivity index (χ0) is 14.9. The summed E-state index contributed by atoms with van der Waals surface area (Å²) in [5.74, 6) is -1.44. The Hall–Kier alpha value is -1.49. The van der Waals surface area contributed by atoms with Crippen molar-refractivity contribution in [2.45, 2.75) is 32.7 Å². The highest BCUT2D eigenvalue weighted by Gasteiger charge is 2.32. The number of hydrogen-bond donors (Lipinski definition) is 1. The van der Waals surface area contributed by atoms with Gasteiger partial charge in [-0.3, -0.25) is 4.79 Å². The first-order chi connectivity index (χ1) is 9.45. The van der Waals surface area contributed by atoms with Gasteiger partial charge in [0.2, 0.25) is 0 Å². The third-order valence-electron chi connectivity index (χ3n) is 4.10. The minimum absolute atomic E-state index is 0.111. The van der Waals surface area contributed by atoms with Crippen molar-refractivity contribution >= 4 is 5.91 Å². The lowest BCUT2D eigenvalue weighted by atomic mass is 9.90. The van der Waals surface area contributed by atoms with Crippen LogP contribution < -0.4 is 5.73 Å². The van der Waals surface area contributed by atoms with Crippen LogP contribution in [-0.4, -0.2) is 29.9 Å². The van der Waals surface area contributed by atoms with Gasteiger partial charge in [0.25, 0.3) is 5.91 Å². The van der Waals surface area contributed by atoms with Crippen LogP contribution in [0.1, 0.15) is 35.7 Å². The van der Waals surface area contributed by atoms with Crippen LogP contribution in [0.15, 0.2) is 12.1 Å². The summed E-state index contributed by atoms with van der Waals surface area (Å²) < 4.78 is 27.5. The molecule has 2 atom stereocenters. The van der Waals surface area contributed by atoms with Crippen LogP contribution in [0.4, 0.5) is 8.78 Å². The van der Waals surface area contributed by atoms with Crippen molar-refractivity contribution in [2.75, 3.05) is 13.1 Å². The number of hydrogen-bond acceptors (Lipinski definition) is 2. The minimum atomic E-state index is -0.678. The average Bonchev–Trinajstić information content (AvgIpc) is 2.41. The zero-order valence-corrected chi connectivity index (χ0v) is 11.8. The maximum atomic E-state index is 13.9. The normalized spacial score (nSPS) is 22.9. The zero-order valence-electron chi connectivity index (χ0n) is 11.8. The summed E-state index contributed by atoms with van der Waals surface area (Å²) in [6, 6.07) is 1.94. The van der Waals surface area contributed by atoms with E-state index in [1.165, 1.54) is 6.92 Å². The van der Waals surface area contributed by atoms with Crippen molar-refractivity contribution in [1.82, 2.24) is 4.90 Å². The van der Waals surface area contributed by atoms with Gasteiger partial charge in [-0.1, -0.05) is 6.92 Å². The Balaban J connectivity index is 2.33. The molecule has 0 aliphatic carbocycles. The van der Waals surface area contributed by atoms with Gasteiger partial charge in [-0.2, -0.15) is 0 Å². The first kappa shape index (κ1) is 14.9. The van der Waals surface area contributed by atoms with E-state index in [1.807, 2.05) is 6.92 Å². The maximum absolute atomic E-state index is 13.9. The lowest BCUT2D eigenvalue weighted by molar-refractivity contribution is 0.0527. The predicted octanol–water partition coefficient (Wildman–Crippen LogP) is 2.47. The topological polar surface area (TPSA) is 46.3 Å². The lowest BCUT2D eigenvalue weighted by Crippen LogP contribution is -2.51. The van der Waals surface area contributed by atoms with Gasteiger partial charge in [0.1, 0.15) is 11.6 Å². The Kier molecular flexibility index (Phi) is 4.38. The molecule has 0 radical (unpaired) electrons. The Morgan fingerprint density at radius 2 is 2.10 bits per heavy atom. The molecule has 1 fully saturated rings. The molecule has 0 spiro atoms. The van der Waals surface area contributed by atoms with Crippen LogP contribution >= 0.6 is 0 Å². The molecule has 1 aromatic rings. The molecular formula is C15H20F2N2O. The molecule has 0 aromatic heterocycles. The third-order valence-corrected chi connectivity index (χ3v) is 4.10. The second-order valence-electron chi connectivity index (χ2n) is 5.50. The number of nitrogens with zero attached hydrogens (tertiary/aromatic N) is 1. The molecule has 1 aliphatic heterocycles. The van der Waals surface area contributed by atoms with Gasteiger partial charge in [-0.05, 0) is 43.4 Å². The summed E-state index contributed by atoms with van der Waals surface area (Å²) >= 11 is 0. The predicted molar refractivity (Wildman–Crippen MR) is 73.4 cm³/mol. The molecule has 2 rings (SSSR count). The van der Waals surface area contributed by atoms with Crippen molar-refractivity contribution in [3.63, 3.8) is 0 Å². The minimum Gasteiger partial charge on any atom is -0.334 e. The van der Waals surface area contributed by atoms with Crippen LogP contribution in [0.3, 0.4) is 0 Å². The summed E-state index contributed by atoms with van der Waals surface area (Å²) in [5, 5.41) is 0. The highest BCUT2D eigenvalue weighted by Crippen LogP contribution is 2.25. The number of rotatable bonds is 2. The van der Waals surface area contributed by atoms with E-state index in [1.54, 1.807) is 4.90 Å². The highest BCUT2D eigenvalue weighted by molar-refractivity contribution is 5.95. The van der Waals surface area contributed by atoms with E-state index in [0.717, 1.165) is 25.0 Å². The molecule has 5 heteroatoms. The molecule has 2 N–H and O–H groups in total. The van der Waals surface area contributed by atoms with Crippen molar-refractivity contribution in [3.8, 4) is 0 Å². The van der Waals surface area contributed by atoms with E-state index in [0.29, 0.717) is 13.1 Å². The smallest absolute Gasteiger partial charge is 0.257 e. The molecule has 0 unspecified atom stereocenters. The standard InChI is InChI=1S/C15H20F2N2O/c1-9-4-3-5-19(14(9)8-18)15(20)11-7-12(16)10(2)6-13(11)17/h6-7,9,14H,3-5,8,18H2,1-2H3/t9-,14+/m0/s1. The van der Waals surface area contributed by atoms with E-state index in [-0.39, 0.29) is 23.1 Å². The van der Waals surface area contributed by atoms with Gasteiger partial charge >= 0.3 is 0 Å². The lowest BCUT2D eigenvalue weighted by Gasteiger charge is -2.39. The number of piperidine rings is 1. The summed E-state index contributed by atoms with van der Waals surface area (Å²) in [6.45, 7) is 4.38. The van der Waals surface area contributed by atoms with Crippen molar-refractivity contribution < 1.29 is 13.6 Å². The molecule has 3 nitrogen and oxygen atoms in total. The molecule has 1 heterocycles. The number of benzene rings is 1. The summed E-state index contributed by atoms with van der Waals surface area (Å²) in [4.78, 5) is 14.0. The molecule has 0 bridgehead atoms. The van der Waals surface area contributed by atoms with Gasteiger partial charge < -0.3 is 10.6 Å². The van der Waals surface area contributed by atoms with E-state index in [2.05, 4.69) is 0 Å². The monoisotopic (exact) mass is 282 g/mol. The fraction of sp³-hybridized carbons (Fsp3) is 0.533. The highest BCUT2D eigenvalue weighted by atomic mass is 19.1. The number of halogens is 2. The van der Waals surface area contributed by atoms with Crippen molar-refractivity contribution in [2.24, 2.45) is 11.7 Å². The molecule has 1 amide bonds. The Morgan fingerprint density at radius 1 is 1.40 bits per heavy atom. The third kappa shape index (κ3) is 2.68. The van der Waals surface area contributed by atoms with Gasteiger partial charge in [0.15, 0.2) is 0 Å². The first-order valence-electron chi connectivity index (χ1n) is 6.92. The van der Waals surface area contributed by atoms with E-state index in [4.69, 9.17) is 5.73 Å². The number of carbonyl (C=O) groups is 1. The van der Waals surface area contributed by atoms with Crippen LogP contribution in [0.5, 0.6) is 0 Å². The summed E-state index contributed by atoms with van der Waals surface area (Å²) in [6.07, 6.45) is 1.86. The number of nitrogens with two attached hydrogens (primary N) is 1. The second-order valence-corrected chi connectivity index (χ2v) is 5.50. The van der Waals surface area contributed by atoms with Crippen LogP contribution in [0, 0.1) is 24.5 Å². The average molecular weight is 282 g/mol. The van der Waals surface area contributed by atoms with E-state index < -0.39 is 17.5 Å². The summed E-state index contributed by atoms with van der Waals surface area (Å²) in [7, 11) is 0. The van der Waals surface area contributed by atoms with Crippen molar-refractivity contribution in [3.05, 3.63) is 34.9 Å².